The summed E-state index contributed by atoms with van der Waals surface area (Å²) in [4.78, 5) is 13.7. The molecule has 2 N–H and O–H groups in total. The second-order valence-electron chi connectivity index (χ2n) is 5.54. The molecule has 0 spiro atoms. The van der Waals surface area contributed by atoms with Crippen molar-refractivity contribution in [2.24, 2.45) is 5.92 Å². The van der Waals surface area contributed by atoms with Gasteiger partial charge in [-0.2, -0.15) is 0 Å². The first-order valence-corrected chi connectivity index (χ1v) is 10.5. The van der Waals surface area contributed by atoms with Crippen LogP contribution in [0.5, 0.6) is 0 Å². The van der Waals surface area contributed by atoms with E-state index in [1.807, 2.05) is 4.83 Å². The summed E-state index contributed by atoms with van der Waals surface area (Å²) < 4.78 is 47.0. The molecule has 7 nitrogen and oxygen atoms in total. The van der Waals surface area contributed by atoms with E-state index in [2.05, 4.69) is 5.43 Å². The van der Waals surface area contributed by atoms with Crippen LogP contribution in [0.1, 0.15) is 18.4 Å². The minimum atomic E-state index is -3.95. The fourth-order valence-corrected chi connectivity index (χ4v) is 5.62. The Bertz CT molecular complexity index is 821. The van der Waals surface area contributed by atoms with Crippen molar-refractivity contribution >= 4 is 37.4 Å². The molecule has 10 heteroatoms. The Morgan fingerprint density at radius 2 is 2.09 bits per heavy atom. The SMILES string of the molecule is Cc1ccc(Cl)cc1S(=O)(=O)NNC(=O)C[C@H]1CCS(=O)(=O)C1. The number of benzene rings is 1. The molecule has 1 aromatic carbocycles. The lowest BCUT2D eigenvalue weighted by atomic mass is 10.1. The highest BCUT2D eigenvalue weighted by Crippen LogP contribution is 2.22. The van der Waals surface area contributed by atoms with Crippen molar-refractivity contribution in [3.63, 3.8) is 0 Å². The number of carbonyl (C=O) groups excluding carboxylic acids is 1. The first kappa shape index (κ1) is 18.2. The van der Waals surface area contributed by atoms with Crippen LogP contribution in [0, 0.1) is 12.8 Å². The van der Waals surface area contributed by atoms with E-state index in [-0.39, 0.29) is 33.8 Å². The largest absolute Gasteiger partial charge is 0.278 e. The molecule has 2 rings (SSSR count). The Morgan fingerprint density at radius 1 is 1.39 bits per heavy atom. The highest BCUT2D eigenvalue weighted by molar-refractivity contribution is 7.91. The van der Waals surface area contributed by atoms with Crippen LogP contribution in [-0.2, 0) is 24.7 Å². The van der Waals surface area contributed by atoms with Crippen molar-refractivity contribution in [1.29, 1.82) is 0 Å². The van der Waals surface area contributed by atoms with Crippen LogP contribution >= 0.6 is 11.6 Å². The molecule has 1 heterocycles. The predicted molar refractivity (Wildman–Crippen MR) is 86.0 cm³/mol. The number of carbonyl (C=O) groups is 1. The van der Waals surface area contributed by atoms with Gasteiger partial charge in [-0.1, -0.05) is 17.7 Å². The molecule has 1 fully saturated rings. The molecule has 0 unspecified atom stereocenters. The second-order valence-corrected chi connectivity index (χ2v) is 9.85. The topological polar surface area (TPSA) is 109 Å². The summed E-state index contributed by atoms with van der Waals surface area (Å²) >= 11 is 5.79. The fourth-order valence-electron chi connectivity index (χ4n) is 2.39. The van der Waals surface area contributed by atoms with Crippen LogP contribution in [0.3, 0.4) is 0 Å². The van der Waals surface area contributed by atoms with Gasteiger partial charge in [0.25, 0.3) is 10.0 Å². The van der Waals surface area contributed by atoms with Gasteiger partial charge in [-0.15, -0.1) is 4.83 Å². The van der Waals surface area contributed by atoms with Crippen molar-refractivity contribution in [2.45, 2.75) is 24.7 Å². The van der Waals surface area contributed by atoms with E-state index >= 15 is 0 Å². The summed E-state index contributed by atoms with van der Waals surface area (Å²) in [6, 6.07) is 4.41. The third-order valence-electron chi connectivity index (χ3n) is 3.57. The van der Waals surface area contributed by atoms with E-state index in [4.69, 9.17) is 11.6 Å². The van der Waals surface area contributed by atoms with Crippen molar-refractivity contribution in [2.75, 3.05) is 11.5 Å². The first-order chi connectivity index (χ1) is 10.6. The molecule has 1 amide bonds. The van der Waals surface area contributed by atoms with Gasteiger partial charge in [0.05, 0.1) is 16.4 Å². The monoisotopic (exact) mass is 380 g/mol. The molecule has 1 saturated heterocycles. The van der Waals surface area contributed by atoms with E-state index in [1.54, 1.807) is 19.1 Å². The second kappa shape index (κ2) is 6.76. The summed E-state index contributed by atoms with van der Waals surface area (Å²) in [6.45, 7) is 1.61. The maximum absolute atomic E-state index is 12.2. The lowest BCUT2D eigenvalue weighted by Gasteiger charge is -2.12. The summed E-state index contributed by atoms with van der Waals surface area (Å²) in [5.41, 5.74) is 2.59. The third kappa shape index (κ3) is 4.90. The minimum Gasteiger partial charge on any atom is -0.278 e. The summed E-state index contributed by atoms with van der Waals surface area (Å²) in [5.74, 6) is -0.827. The number of sulfonamides is 1. The predicted octanol–water partition coefficient (Wildman–Crippen LogP) is 0.783. The fraction of sp³-hybridized carbons (Fsp3) is 0.462. The number of amides is 1. The molecule has 0 aromatic heterocycles. The lowest BCUT2D eigenvalue weighted by molar-refractivity contribution is -0.122. The first-order valence-electron chi connectivity index (χ1n) is 6.86. The van der Waals surface area contributed by atoms with E-state index < -0.39 is 25.8 Å². The zero-order valence-electron chi connectivity index (χ0n) is 12.4. The zero-order chi connectivity index (χ0) is 17.3. The van der Waals surface area contributed by atoms with Gasteiger partial charge >= 0.3 is 0 Å². The summed E-state index contributed by atoms with van der Waals surface area (Å²) in [6.07, 6.45) is 0.367. The van der Waals surface area contributed by atoms with Gasteiger partial charge in [-0.3, -0.25) is 10.2 Å². The molecule has 1 aliphatic rings. The van der Waals surface area contributed by atoms with Crippen LogP contribution in [-0.4, -0.2) is 34.2 Å². The standard InChI is InChI=1S/C13H17ClN2O5S2/c1-9-2-3-11(14)7-12(9)23(20,21)16-15-13(17)6-10-4-5-22(18,19)8-10/h2-3,7,10,16H,4-6,8H2,1H3,(H,15,17)/t10-/m1/s1. The molecule has 128 valence electrons. The van der Waals surface area contributed by atoms with Gasteiger partial charge in [-0.25, -0.2) is 16.8 Å². The molecule has 0 radical (unpaired) electrons. The Kier molecular flexibility index (Phi) is 5.34. The summed E-state index contributed by atoms with van der Waals surface area (Å²) in [7, 11) is -7.02. The lowest BCUT2D eigenvalue weighted by Crippen LogP contribution is -2.42. The molecule has 1 aliphatic heterocycles. The number of nitrogens with one attached hydrogen (secondary N) is 2. The molecule has 1 atom stereocenters. The average Bonchev–Trinajstić information content (AvgIpc) is 2.78. The molecule has 0 bridgehead atoms. The van der Waals surface area contributed by atoms with Gasteiger partial charge < -0.3 is 0 Å². The van der Waals surface area contributed by atoms with Gasteiger partial charge in [0.1, 0.15) is 0 Å². The van der Waals surface area contributed by atoms with E-state index in [0.717, 1.165) is 0 Å². The van der Waals surface area contributed by atoms with Gasteiger partial charge in [-0.05, 0) is 37.0 Å². The zero-order valence-corrected chi connectivity index (χ0v) is 14.8. The third-order valence-corrected chi connectivity index (χ3v) is 7.03. The molecular weight excluding hydrogens is 364 g/mol. The normalized spacial score (nSPS) is 20.3. The van der Waals surface area contributed by atoms with Gasteiger partial charge in [0.15, 0.2) is 9.84 Å². The number of hydrogen-bond donors (Lipinski definition) is 2. The minimum absolute atomic E-state index is 0.0336. The Morgan fingerprint density at radius 3 is 2.70 bits per heavy atom. The van der Waals surface area contributed by atoms with Crippen LogP contribution < -0.4 is 10.3 Å². The Hall–Kier alpha value is -1.16. The smallest absolute Gasteiger partial charge is 0.257 e. The number of rotatable bonds is 5. The van der Waals surface area contributed by atoms with E-state index in [1.165, 1.54) is 6.07 Å². The molecule has 0 aliphatic carbocycles. The number of sulfone groups is 1. The molecule has 23 heavy (non-hydrogen) atoms. The van der Waals surface area contributed by atoms with Crippen molar-refractivity contribution in [1.82, 2.24) is 10.3 Å². The average molecular weight is 381 g/mol. The Balaban J connectivity index is 1.97. The highest BCUT2D eigenvalue weighted by Gasteiger charge is 2.29. The van der Waals surface area contributed by atoms with Crippen LogP contribution in [0.4, 0.5) is 0 Å². The van der Waals surface area contributed by atoms with Crippen molar-refractivity contribution in [3.8, 4) is 0 Å². The van der Waals surface area contributed by atoms with Crippen LogP contribution in [0.2, 0.25) is 5.02 Å². The number of hydrogen-bond acceptors (Lipinski definition) is 5. The van der Waals surface area contributed by atoms with Crippen LogP contribution in [0.25, 0.3) is 0 Å². The highest BCUT2D eigenvalue weighted by atomic mass is 35.5. The number of aryl methyl sites for hydroxylation is 1. The summed E-state index contributed by atoms with van der Waals surface area (Å²) in [5, 5.41) is 0.262. The van der Waals surface area contributed by atoms with E-state index in [0.29, 0.717) is 12.0 Å². The van der Waals surface area contributed by atoms with Crippen LogP contribution in [0.15, 0.2) is 23.1 Å². The van der Waals surface area contributed by atoms with Gasteiger partial charge in [0, 0.05) is 11.4 Å². The number of halogens is 1. The maximum atomic E-state index is 12.2. The number of hydrazine groups is 1. The van der Waals surface area contributed by atoms with Crippen molar-refractivity contribution < 1.29 is 21.6 Å². The Labute approximate surface area is 140 Å². The quantitative estimate of drug-likeness (QED) is 0.733. The molecular formula is C13H17ClN2O5S2. The maximum Gasteiger partial charge on any atom is 0.257 e. The molecule has 1 aromatic rings. The van der Waals surface area contributed by atoms with Crippen molar-refractivity contribution in [3.05, 3.63) is 28.8 Å². The van der Waals surface area contributed by atoms with E-state index in [9.17, 15) is 21.6 Å². The molecule has 0 saturated carbocycles. The van der Waals surface area contributed by atoms with Gasteiger partial charge in [0.2, 0.25) is 5.91 Å².